The fraction of sp³-hybridized carbons (Fsp3) is 0.200. The van der Waals surface area contributed by atoms with E-state index < -0.39 is 0 Å². The maximum absolute atomic E-state index is 6.06. The van der Waals surface area contributed by atoms with Crippen molar-refractivity contribution in [2.45, 2.75) is 17.0 Å². The van der Waals surface area contributed by atoms with Crippen molar-refractivity contribution in [2.75, 3.05) is 0 Å². The van der Waals surface area contributed by atoms with Crippen molar-refractivity contribution in [1.29, 1.82) is 0 Å². The SMILES string of the molecule is PC(C[CH]([Ni][Cl])c1ccccc1)c1ccccc1. The van der Waals surface area contributed by atoms with Crippen molar-refractivity contribution in [3.05, 3.63) is 71.8 Å². The van der Waals surface area contributed by atoms with Crippen molar-refractivity contribution in [3.63, 3.8) is 0 Å². The second-order valence-corrected chi connectivity index (χ2v) is 6.43. The molecule has 0 bridgehead atoms. The van der Waals surface area contributed by atoms with E-state index in [-0.39, 0.29) is 0 Å². The van der Waals surface area contributed by atoms with E-state index in [0.29, 0.717) is 10.5 Å². The molecule has 0 N–H and O–H groups in total. The van der Waals surface area contributed by atoms with Crippen LogP contribution in [0.25, 0.3) is 0 Å². The Labute approximate surface area is 121 Å². The quantitative estimate of drug-likeness (QED) is 0.539. The Hall–Kier alpha value is -0.346. The molecule has 0 amide bonds. The van der Waals surface area contributed by atoms with Gasteiger partial charge in [-0.05, 0) is 0 Å². The van der Waals surface area contributed by atoms with Crippen LogP contribution in [-0.2, 0) is 13.5 Å². The third-order valence-corrected chi connectivity index (χ3v) is 5.06. The summed E-state index contributed by atoms with van der Waals surface area (Å²) in [4.78, 5) is 0.350. The van der Waals surface area contributed by atoms with Gasteiger partial charge in [-0.25, -0.2) is 0 Å². The van der Waals surface area contributed by atoms with Gasteiger partial charge in [-0.1, -0.05) is 0 Å². The van der Waals surface area contributed by atoms with Gasteiger partial charge in [0.1, 0.15) is 0 Å². The Bertz CT molecular complexity index is 460. The van der Waals surface area contributed by atoms with Crippen LogP contribution in [0, 0.1) is 0 Å². The Morgan fingerprint density at radius 2 is 1.39 bits per heavy atom. The molecule has 0 aromatic heterocycles. The summed E-state index contributed by atoms with van der Waals surface area (Å²) < 4.78 is 0. The van der Waals surface area contributed by atoms with Crippen LogP contribution in [0.5, 0.6) is 0 Å². The Kier molecular flexibility index (Phi) is 5.70. The molecule has 2 rings (SSSR count). The molecule has 2 aromatic rings. The fourth-order valence-electron chi connectivity index (χ4n) is 1.90. The van der Waals surface area contributed by atoms with Crippen LogP contribution in [0.1, 0.15) is 28.1 Å². The first kappa shape index (κ1) is 14.1. The van der Waals surface area contributed by atoms with Gasteiger partial charge in [0, 0.05) is 0 Å². The first-order valence-electron chi connectivity index (χ1n) is 5.85. The molecular formula is C15H16ClNiP. The predicted molar refractivity (Wildman–Crippen MR) is 78.5 cm³/mol. The second kappa shape index (κ2) is 7.29. The van der Waals surface area contributed by atoms with Gasteiger partial charge in [-0.3, -0.25) is 0 Å². The van der Waals surface area contributed by atoms with Gasteiger partial charge in [0.05, 0.1) is 0 Å². The van der Waals surface area contributed by atoms with E-state index >= 15 is 0 Å². The molecule has 0 nitrogen and oxygen atoms in total. The molecule has 3 unspecified atom stereocenters. The van der Waals surface area contributed by atoms with Gasteiger partial charge in [0.15, 0.2) is 0 Å². The van der Waals surface area contributed by atoms with E-state index in [1.54, 1.807) is 0 Å². The van der Waals surface area contributed by atoms with Crippen LogP contribution < -0.4 is 0 Å². The van der Waals surface area contributed by atoms with E-state index in [4.69, 9.17) is 10.2 Å². The molecule has 0 spiro atoms. The van der Waals surface area contributed by atoms with E-state index in [1.165, 1.54) is 24.7 Å². The van der Waals surface area contributed by atoms with E-state index in [0.717, 1.165) is 6.42 Å². The summed E-state index contributed by atoms with van der Waals surface area (Å²) in [6.07, 6.45) is 1.03. The van der Waals surface area contributed by atoms with Crippen LogP contribution in [0.15, 0.2) is 60.7 Å². The molecule has 0 radical (unpaired) electrons. The van der Waals surface area contributed by atoms with Gasteiger partial charge < -0.3 is 0 Å². The molecule has 0 aliphatic heterocycles. The van der Waals surface area contributed by atoms with Gasteiger partial charge in [-0.15, -0.1) is 0 Å². The topological polar surface area (TPSA) is 0 Å². The molecule has 0 fully saturated rings. The van der Waals surface area contributed by atoms with E-state index in [9.17, 15) is 0 Å². The summed E-state index contributed by atoms with van der Waals surface area (Å²) in [5, 5.41) is 0. The summed E-state index contributed by atoms with van der Waals surface area (Å²) in [6, 6.07) is 21.0. The fourth-order valence-corrected chi connectivity index (χ4v) is 3.82. The summed E-state index contributed by atoms with van der Waals surface area (Å²) >= 11 is 1.22. The average molecular weight is 321 g/mol. The van der Waals surface area contributed by atoms with Crippen LogP contribution in [0.2, 0.25) is 0 Å². The minimum atomic E-state index is 0.350. The first-order chi connectivity index (χ1) is 8.81. The molecule has 18 heavy (non-hydrogen) atoms. The van der Waals surface area contributed by atoms with Crippen LogP contribution in [-0.4, -0.2) is 0 Å². The monoisotopic (exact) mass is 320 g/mol. The summed E-state index contributed by atoms with van der Waals surface area (Å²) in [5.41, 5.74) is 3.09. The molecule has 3 atom stereocenters. The number of benzene rings is 2. The number of hydrogen-bond donors (Lipinski definition) is 0. The minimum absolute atomic E-state index is 0.350. The molecule has 0 aliphatic carbocycles. The zero-order valence-corrected chi connectivity index (χ0v) is 12.8. The number of hydrogen-bond acceptors (Lipinski definition) is 0. The van der Waals surface area contributed by atoms with Crippen LogP contribution in [0.3, 0.4) is 0 Å². The van der Waals surface area contributed by atoms with Gasteiger partial charge in [0.25, 0.3) is 0 Å². The molecule has 0 saturated heterocycles. The zero-order chi connectivity index (χ0) is 12.8. The second-order valence-electron chi connectivity index (χ2n) is 4.16. The Morgan fingerprint density at radius 1 is 0.889 bits per heavy atom. The Morgan fingerprint density at radius 3 is 1.89 bits per heavy atom. The van der Waals surface area contributed by atoms with Crippen LogP contribution >= 0.6 is 19.4 Å². The van der Waals surface area contributed by atoms with Crippen molar-refractivity contribution >= 4 is 19.4 Å². The predicted octanol–water partition coefficient (Wildman–Crippen LogP) is 4.97. The molecule has 2 aromatic carbocycles. The molecule has 98 valence electrons. The maximum atomic E-state index is 6.06. The summed E-state index contributed by atoms with van der Waals surface area (Å²) in [5.74, 6) is 0. The Balaban J connectivity index is 2.07. The standard InChI is InChI=1S/C15H16P.ClH.Ni/c16-15(14-9-5-2-6-10-14)12-11-13-7-3-1-4-8-13;;/h1-11,15H,12,16H2;1H;/q;;+1/p-1. The van der Waals surface area contributed by atoms with Crippen molar-refractivity contribution in [3.8, 4) is 0 Å². The molecule has 0 aliphatic rings. The molecule has 0 heterocycles. The van der Waals surface area contributed by atoms with Gasteiger partial charge in [-0.2, -0.15) is 0 Å². The normalized spacial score (nSPS) is 14.3. The molecule has 0 saturated carbocycles. The van der Waals surface area contributed by atoms with Gasteiger partial charge >= 0.3 is 122 Å². The van der Waals surface area contributed by atoms with Crippen molar-refractivity contribution < 1.29 is 13.5 Å². The van der Waals surface area contributed by atoms with Crippen molar-refractivity contribution in [2.24, 2.45) is 0 Å². The van der Waals surface area contributed by atoms with Crippen molar-refractivity contribution in [1.82, 2.24) is 0 Å². The summed E-state index contributed by atoms with van der Waals surface area (Å²) in [7, 11) is 8.99. The number of halogens is 1. The average Bonchev–Trinajstić information content (AvgIpc) is 2.46. The molecule has 3 heteroatoms. The van der Waals surface area contributed by atoms with Crippen LogP contribution in [0.4, 0.5) is 0 Å². The van der Waals surface area contributed by atoms with Gasteiger partial charge in [0.2, 0.25) is 0 Å². The molecular weight excluding hydrogens is 305 g/mol. The number of rotatable bonds is 5. The van der Waals surface area contributed by atoms with E-state index in [1.807, 2.05) is 12.1 Å². The first-order valence-corrected chi connectivity index (χ1v) is 8.45. The summed E-state index contributed by atoms with van der Waals surface area (Å²) in [6.45, 7) is 0. The zero-order valence-electron chi connectivity index (χ0n) is 9.91. The van der Waals surface area contributed by atoms with E-state index in [2.05, 4.69) is 57.8 Å². The third-order valence-electron chi connectivity index (χ3n) is 2.90. The third kappa shape index (κ3) is 3.82.